The van der Waals surface area contributed by atoms with E-state index in [0.29, 0.717) is 31.1 Å². The van der Waals surface area contributed by atoms with Gasteiger partial charge in [-0.1, -0.05) is 35.5 Å². The van der Waals surface area contributed by atoms with Crippen LogP contribution in [-0.4, -0.2) is 38.1 Å². The highest BCUT2D eigenvalue weighted by Crippen LogP contribution is 2.37. The number of aryl methyl sites for hydroxylation is 2. The first-order valence-electron chi connectivity index (χ1n) is 15.2. The van der Waals surface area contributed by atoms with Gasteiger partial charge >= 0.3 is 0 Å². The SMILES string of the molecule is COc1ccc(C2CC(c3cc(C)c(C)c(OC)c3)=NO2)cc1OCCCCOc1cc(-c2nc3ccccc3s2)ccc1C. The van der Waals surface area contributed by atoms with E-state index in [2.05, 4.69) is 56.3 Å². The van der Waals surface area contributed by atoms with Crippen LogP contribution in [-0.2, 0) is 4.84 Å². The number of fused-ring (bicyclic) bond motifs is 1. The normalized spacial score (nSPS) is 14.2. The summed E-state index contributed by atoms with van der Waals surface area (Å²) in [5, 5.41) is 5.42. The van der Waals surface area contributed by atoms with Gasteiger partial charge in [-0.3, -0.25) is 0 Å². The number of hydrogen-bond acceptors (Lipinski definition) is 8. The molecular formula is C37H38N2O5S. The number of ether oxygens (including phenoxy) is 4. The van der Waals surface area contributed by atoms with Gasteiger partial charge in [0.05, 0.1) is 43.4 Å². The molecule has 0 amide bonds. The molecule has 6 rings (SSSR count). The molecule has 0 fully saturated rings. The maximum atomic E-state index is 6.19. The molecule has 0 saturated carbocycles. The highest BCUT2D eigenvalue weighted by molar-refractivity contribution is 7.21. The molecule has 5 aromatic rings. The van der Waals surface area contributed by atoms with Gasteiger partial charge < -0.3 is 23.8 Å². The summed E-state index contributed by atoms with van der Waals surface area (Å²) in [5.41, 5.74) is 8.41. The smallest absolute Gasteiger partial charge is 0.161 e. The predicted octanol–water partition coefficient (Wildman–Crippen LogP) is 9.01. The second-order valence-electron chi connectivity index (χ2n) is 11.2. The second-order valence-corrected chi connectivity index (χ2v) is 12.3. The average molecular weight is 623 g/mol. The molecule has 0 saturated heterocycles. The Morgan fingerprint density at radius 3 is 2.29 bits per heavy atom. The van der Waals surface area contributed by atoms with Crippen LogP contribution < -0.4 is 18.9 Å². The molecule has 1 aromatic heterocycles. The van der Waals surface area contributed by atoms with Crippen LogP contribution in [0.1, 0.15) is 53.2 Å². The third kappa shape index (κ3) is 6.76. The minimum Gasteiger partial charge on any atom is -0.496 e. The maximum Gasteiger partial charge on any atom is 0.161 e. The van der Waals surface area contributed by atoms with E-state index in [1.165, 1.54) is 4.70 Å². The van der Waals surface area contributed by atoms with E-state index in [1.807, 2.05) is 42.5 Å². The topological polar surface area (TPSA) is 71.4 Å². The first-order valence-corrected chi connectivity index (χ1v) is 16.0. The number of benzene rings is 4. The lowest BCUT2D eigenvalue weighted by molar-refractivity contribution is 0.0854. The number of nitrogens with zero attached hydrogens (tertiary/aromatic N) is 2. The van der Waals surface area contributed by atoms with Crippen molar-refractivity contribution >= 4 is 27.3 Å². The number of unbranched alkanes of at least 4 members (excludes halogenated alkanes) is 1. The molecule has 45 heavy (non-hydrogen) atoms. The first-order chi connectivity index (χ1) is 21.9. The standard InChI is InChI=1S/C37H38N2O5S/c1-23-12-13-27(37-38-29-10-6-7-11-36(29)45-37)20-32(23)42-16-8-9-17-43-35-19-26(14-15-31(35)40-4)34-22-30(39-44-34)28-18-24(2)25(3)33(21-28)41-5/h6-7,10-15,18-21,34H,8-9,16-17,22H2,1-5H3. The summed E-state index contributed by atoms with van der Waals surface area (Å²) in [7, 11) is 3.35. The molecule has 8 heteroatoms. The number of thiazole rings is 1. The summed E-state index contributed by atoms with van der Waals surface area (Å²) in [6, 6.07) is 24.6. The van der Waals surface area contributed by atoms with Gasteiger partial charge in [-0.25, -0.2) is 4.98 Å². The Morgan fingerprint density at radius 1 is 0.756 bits per heavy atom. The van der Waals surface area contributed by atoms with Gasteiger partial charge in [0, 0.05) is 17.5 Å². The predicted molar refractivity (Wildman–Crippen MR) is 180 cm³/mol. The van der Waals surface area contributed by atoms with Crippen molar-refractivity contribution in [1.82, 2.24) is 4.98 Å². The summed E-state index contributed by atoms with van der Waals surface area (Å²) in [6.07, 6.45) is 2.16. The molecule has 1 atom stereocenters. The van der Waals surface area contributed by atoms with E-state index < -0.39 is 0 Å². The Morgan fingerprint density at radius 2 is 1.51 bits per heavy atom. The van der Waals surface area contributed by atoms with E-state index in [4.69, 9.17) is 28.8 Å². The first kappa shape index (κ1) is 30.5. The molecule has 232 valence electrons. The van der Waals surface area contributed by atoms with Crippen LogP contribution in [0, 0.1) is 20.8 Å². The molecule has 1 aliphatic heterocycles. The number of aromatic nitrogens is 1. The average Bonchev–Trinajstić information content (AvgIpc) is 3.73. The van der Waals surface area contributed by atoms with Crippen molar-refractivity contribution in [3.05, 3.63) is 101 Å². The Hall–Kier alpha value is -4.56. The zero-order valence-electron chi connectivity index (χ0n) is 26.4. The Bertz CT molecular complexity index is 1810. The van der Waals surface area contributed by atoms with E-state index in [1.54, 1.807) is 25.6 Å². The minimum absolute atomic E-state index is 0.198. The van der Waals surface area contributed by atoms with Gasteiger partial charge in [-0.05, 0) is 98.3 Å². The lowest BCUT2D eigenvalue weighted by Crippen LogP contribution is -2.06. The van der Waals surface area contributed by atoms with Gasteiger partial charge in [0.25, 0.3) is 0 Å². The quantitative estimate of drug-likeness (QED) is 0.129. The third-order valence-electron chi connectivity index (χ3n) is 8.18. The molecule has 0 spiro atoms. The van der Waals surface area contributed by atoms with Crippen molar-refractivity contribution in [2.45, 2.75) is 46.1 Å². The number of para-hydroxylation sites is 1. The summed E-state index contributed by atoms with van der Waals surface area (Å²) in [4.78, 5) is 10.7. The highest BCUT2D eigenvalue weighted by atomic mass is 32.1. The summed E-state index contributed by atoms with van der Waals surface area (Å²) in [6.45, 7) is 7.36. The maximum absolute atomic E-state index is 6.19. The second kappa shape index (κ2) is 13.6. The zero-order chi connectivity index (χ0) is 31.3. The van der Waals surface area contributed by atoms with Crippen molar-refractivity contribution in [1.29, 1.82) is 0 Å². The zero-order valence-corrected chi connectivity index (χ0v) is 27.2. The highest BCUT2D eigenvalue weighted by Gasteiger charge is 2.26. The van der Waals surface area contributed by atoms with E-state index in [9.17, 15) is 0 Å². The largest absolute Gasteiger partial charge is 0.496 e. The molecular weight excluding hydrogens is 584 g/mol. The van der Waals surface area contributed by atoms with E-state index in [-0.39, 0.29) is 6.10 Å². The summed E-state index contributed by atoms with van der Waals surface area (Å²) in [5.74, 6) is 3.13. The molecule has 7 nitrogen and oxygen atoms in total. The molecule has 1 aliphatic rings. The molecule has 0 N–H and O–H groups in total. The van der Waals surface area contributed by atoms with Crippen LogP contribution >= 0.6 is 11.3 Å². The van der Waals surface area contributed by atoms with E-state index in [0.717, 1.165) is 74.0 Å². The fourth-order valence-corrected chi connectivity index (χ4v) is 6.35. The van der Waals surface area contributed by atoms with Crippen LogP contribution in [0.2, 0.25) is 0 Å². The van der Waals surface area contributed by atoms with Gasteiger partial charge in [0.2, 0.25) is 0 Å². The number of hydrogen-bond donors (Lipinski definition) is 0. The lowest BCUT2D eigenvalue weighted by atomic mass is 9.97. The van der Waals surface area contributed by atoms with Gasteiger partial charge in [-0.15, -0.1) is 11.3 Å². The van der Waals surface area contributed by atoms with Crippen molar-refractivity contribution in [2.75, 3.05) is 27.4 Å². The molecule has 0 radical (unpaired) electrons. The number of methoxy groups -OCH3 is 2. The van der Waals surface area contributed by atoms with Gasteiger partial charge in [-0.2, -0.15) is 0 Å². The Labute approximate surface area is 268 Å². The fourth-order valence-electron chi connectivity index (χ4n) is 5.39. The number of oxime groups is 1. The van der Waals surface area contributed by atoms with Crippen LogP contribution in [0.25, 0.3) is 20.8 Å². The van der Waals surface area contributed by atoms with Crippen LogP contribution in [0.15, 0.2) is 78.0 Å². The van der Waals surface area contributed by atoms with Crippen molar-refractivity contribution in [3.63, 3.8) is 0 Å². The Kier molecular flexibility index (Phi) is 9.21. The molecule has 0 bridgehead atoms. The Balaban J connectivity index is 1.02. The van der Waals surface area contributed by atoms with E-state index >= 15 is 0 Å². The minimum atomic E-state index is -0.198. The van der Waals surface area contributed by atoms with Crippen LogP contribution in [0.4, 0.5) is 0 Å². The van der Waals surface area contributed by atoms with Crippen molar-refractivity contribution < 1.29 is 23.8 Å². The van der Waals surface area contributed by atoms with Gasteiger partial charge in [0.1, 0.15) is 16.5 Å². The summed E-state index contributed by atoms with van der Waals surface area (Å²) >= 11 is 1.70. The van der Waals surface area contributed by atoms with Crippen molar-refractivity contribution in [3.8, 4) is 33.6 Å². The van der Waals surface area contributed by atoms with Gasteiger partial charge in [0.15, 0.2) is 17.6 Å². The fraction of sp³-hybridized carbons (Fsp3) is 0.297. The third-order valence-corrected chi connectivity index (χ3v) is 9.27. The molecule has 2 heterocycles. The monoisotopic (exact) mass is 622 g/mol. The number of rotatable bonds is 12. The van der Waals surface area contributed by atoms with Crippen LogP contribution in [0.3, 0.4) is 0 Å². The van der Waals surface area contributed by atoms with Crippen LogP contribution in [0.5, 0.6) is 23.0 Å². The van der Waals surface area contributed by atoms with Crippen molar-refractivity contribution in [2.24, 2.45) is 5.16 Å². The summed E-state index contributed by atoms with van der Waals surface area (Å²) < 4.78 is 24.7. The molecule has 1 unspecified atom stereocenters. The lowest BCUT2D eigenvalue weighted by Gasteiger charge is -2.15. The molecule has 4 aromatic carbocycles. The molecule has 0 aliphatic carbocycles.